The molecular formula is C19H24N4O2. The van der Waals surface area contributed by atoms with Crippen LogP contribution in [0.4, 0.5) is 5.82 Å². The van der Waals surface area contributed by atoms with Crippen LogP contribution in [0, 0.1) is 20.8 Å². The molecule has 0 bridgehead atoms. The maximum Gasteiger partial charge on any atom is 0.161 e. The van der Waals surface area contributed by atoms with E-state index < -0.39 is 0 Å². The van der Waals surface area contributed by atoms with Crippen LogP contribution in [0.3, 0.4) is 0 Å². The Morgan fingerprint density at radius 3 is 2.60 bits per heavy atom. The van der Waals surface area contributed by atoms with Crippen LogP contribution in [0.25, 0.3) is 16.9 Å². The number of fused-ring (bicyclic) bond motifs is 1. The van der Waals surface area contributed by atoms with E-state index >= 15 is 0 Å². The van der Waals surface area contributed by atoms with Gasteiger partial charge in [-0.3, -0.25) is 0 Å². The van der Waals surface area contributed by atoms with Crippen LogP contribution in [0.2, 0.25) is 0 Å². The number of nitrogens with zero attached hydrogens (tertiary/aromatic N) is 3. The Morgan fingerprint density at radius 2 is 1.88 bits per heavy atom. The second kappa shape index (κ2) is 7.63. The van der Waals surface area contributed by atoms with Gasteiger partial charge >= 0.3 is 0 Å². The van der Waals surface area contributed by atoms with Crippen LogP contribution >= 0.6 is 0 Å². The van der Waals surface area contributed by atoms with Gasteiger partial charge in [-0.15, -0.1) is 0 Å². The zero-order valence-corrected chi connectivity index (χ0v) is 14.9. The summed E-state index contributed by atoms with van der Waals surface area (Å²) in [7, 11) is 0. The summed E-state index contributed by atoms with van der Waals surface area (Å²) >= 11 is 0. The summed E-state index contributed by atoms with van der Waals surface area (Å²) in [5, 5.41) is 16.9. The Balaban J connectivity index is 1.93. The van der Waals surface area contributed by atoms with Crippen molar-refractivity contribution >= 4 is 11.5 Å². The van der Waals surface area contributed by atoms with E-state index in [1.807, 2.05) is 17.5 Å². The lowest BCUT2D eigenvalue weighted by Gasteiger charge is -2.09. The van der Waals surface area contributed by atoms with Crippen LogP contribution < -0.4 is 5.32 Å². The fourth-order valence-electron chi connectivity index (χ4n) is 2.77. The summed E-state index contributed by atoms with van der Waals surface area (Å²) in [5.74, 6) is 0.886. The highest BCUT2D eigenvalue weighted by Gasteiger charge is 2.15. The van der Waals surface area contributed by atoms with Crippen molar-refractivity contribution in [3.8, 4) is 11.3 Å². The highest BCUT2D eigenvalue weighted by Crippen LogP contribution is 2.27. The largest absolute Gasteiger partial charge is 0.394 e. The van der Waals surface area contributed by atoms with E-state index in [9.17, 15) is 0 Å². The second-order valence-electron chi connectivity index (χ2n) is 6.12. The van der Waals surface area contributed by atoms with Gasteiger partial charge in [0.1, 0.15) is 5.82 Å². The fourth-order valence-corrected chi connectivity index (χ4v) is 2.77. The average Bonchev–Trinajstić information content (AvgIpc) is 2.92. The summed E-state index contributed by atoms with van der Waals surface area (Å²) in [6, 6.07) is 10.3. The smallest absolute Gasteiger partial charge is 0.161 e. The monoisotopic (exact) mass is 340 g/mol. The third kappa shape index (κ3) is 3.81. The van der Waals surface area contributed by atoms with E-state index in [1.165, 1.54) is 5.56 Å². The summed E-state index contributed by atoms with van der Waals surface area (Å²) in [4.78, 5) is 4.65. The van der Waals surface area contributed by atoms with Gasteiger partial charge in [-0.25, -0.2) is 4.98 Å². The molecule has 3 rings (SSSR count). The zero-order valence-electron chi connectivity index (χ0n) is 14.9. The molecule has 132 valence electrons. The van der Waals surface area contributed by atoms with Gasteiger partial charge in [0.05, 0.1) is 25.5 Å². The maximum atomic E-state index is 8.75. The van der Waals surface area contributed by atoms with Crippen LogP contribution in [-0.4, -0.2) is 46.1 Å². The number of aliphatic hydroxyl groups is 1. The quantitative estimate of drug-likeness (QED) is 0.647. The van der Waals surface area contributed by atoms with Gasteiger partial charge in [0.15, 0.2) is 5.65 Å². The van der Waals surface area contributed by atoms with E-state index in [0.717, 1.165) is 34.0 Å². The Hall–Kier alpha value is -2.44. The molecule has 0 radical (unpaired) electrons. The molecule has 0 saturated heterocycles. The lowest BCUT2D eigenvalue weighted by Crippen LogP contribution is -2.14. The van der Waals surface area contributed by atoms with Crippen molar-refractivity contribution in [2.75, 3.05) is 31.7 Å². The Bertz CT molecular complexity index is 856. The van der Waals surface area contributed by atoms with Crippen LogP contribution in [0.1, 0.15) is 16.8 Å². The van der Waals surface area contributed by atoms with Gasteiger partial charge in [-0.1, -0.05) is 29.8 Å². The molecule has 2 aromatic heterocycles. The topological polar surface area (TPSA) is 71.7 Å². The van der Waals surface area contributed by atoms with Crippen molar-refractivity contribution in [1.29, 1.82) is 0 Å². The standard InChI is InChI=1S/C19H24N4O2/c1-13-4-6-16(7-5-13)18-15(3)19-21-14(2)12-17(23(19)22-18)20-8-10-25-11-9-24/h4-7,12,20,24H,8-11H2,1-3H3. The molecule has 1 aromatic carbocycles. The van der Waals surface area contributed by atoms with Crippen LogP contribution in [0.5, 0.6) is 0 Å². The highest BCUT2D eigenvalue weighted by molar-refractivity contribution is 5.71. The normalized spacial score (nSPS) is 11.2. The molecule has 0 spiro atoms. The Morgan fingerprint density at radius 1 is 1.12 bits per heavy atom. The van der Waals surface area contributed by atoms with Crippen molar-refractivity contribution in [3.05, 3.63) is 47.2 Å². The molecule has 0 amide bonds. The maximum absolute atomic E-state index is 8.75. The van der Waals surface area contributed by atoms with Gasteiger partial charge in [-0.2, -0.15) is 9.61 Å². The highest BCUT2D eigenvalue weighted by atomic mass is 16.5. The molecule has 6 heteroatoms. The Labute approximate surface area is 147 Å². The first-order chi connectivity index (χ1) is 12.1. The van der Waals surface area contributed by atoms with Gasteiger partial charge in [0.25, 0.3) is 0 Å². The molecule has 6 nitrogen and oxygen atoms in total. The number of ether oxygens (including phenoxy) is 1. The molecule has 0 aliphatic rings. The number of hydrogen-bond donors (Lipinski definition) is 2. The third-order valence-corrected chi connectivity index (χ3v) is 4.06. The van der Waals surface area contributed by atoms with Gasteiger partial charge in [-0.05, 0) is 20.8 Å². The minimum absolute atomic E-state index is 0.0386. The summed E-state index contributed by atoms with van der Waals surface area (Å²) < 4.78 is 7.15. The summed E-state index contributed by atoms with van der Waals surface area (Å²) in [6.45, 7) is 7.66. The van der Waals surface area contributed by atoms with Gasteiger partial charge < -0.3 is 15.2 Å². The molecule has 25 heavy (non-hydrogen) atoms. The predicted octanol–water partition coefficient (Wildman–Crippen LogP) is 2.74. The van der Waals surface area contributed by atoms with Crippen molar-refractivity contribution in [3.63, 3.8) is 0 Å². The SMILES string of the molecule is Cc1ccc(-c2nn3c(NCCOCCO)cc(C)nc3c2C)cc1. The van der Waals surface area contributed by atoms with E-state index in [2.05, 4.69) is 48.4 Å². The number of hydrogen-bond acceptors (Lipinski definition) is 5. The number of aryl methyl sites for hydroxylation is 3. The fraction of sp³-hybridized carbons (Fsp3) is 0.368. The number of aromatic nitrogens is 3. The van der Waals surface area contributed by atoms with Crippen LogP contribution in [-0.2, 0) is 4.74 Å². The first-order valence-corrected chi connectivity index (χ1v) is 8.46. The van der Waals surface area contributed by atoms with Crippen LogP contribution in [0.15, 0.2) is 30.3 Å². The molecule has 2 heterocycles. The first-order valence-electron chi connectivity index (χ1n) is 8.46. The predicted molar refractivity (Wildman–Crippen MR) is 99.0 cm³/mol. The minimum Gasteiger partial charge on any atom is -0.394 e. The molecule has 3 aromatic rings. The second-order valence-corrected chi connectivity index (χ2v) is 6.12. The molecular weight excluding hydrogens is 316 g/mol. The summed E-state index contributed by atoms with van der Waals surface area (Å²) in [5.41, 5.74) is 6.11. The molecule has 0 saturated carbocycles. The van der Waals surface area contributed by atoms with E-state index in [-0.39, 0.29) is 6.61 Å². The number of aliphatic hydroxyl groups excluding tert-OH is 1. The van der Waals surface area contributed by atoms with E-state index in [1.54, 1.807) is 0 Å². The molecule has 0 aliphatic carbocycles. The molecule has 0 fully saturated rings. The third-order valence-electron chi connectivity index (χ3n) is 4.06. The molecule has 0 atom stereocenters. The van der Waals surface area contributed by atoms with Gasteiger partial charge in [0.2, 0.25) is 0 Å². The molecule has 0 unspecified atom stereocenters. The van der Waals surface area contributed by atoms with Crippen molar-refractivity contribution in [2.45, 2.75) is 20.8 Å². The van der Waals surface area contributed by atoms with Gasteiger partial charge in [0, 0.05) is 29.4 Å². The summed E-state index contributed by atoms with van der Waals surface area (Å²) in [6.07, 6.45) is 0. The van der Waals surface area contributed by atoms with Crippen molar-refractivity contribution in [1.82, 2.24) is 14.6 Å². The van der Waals surface area contributed by atoms with E-state index in [0.29, 0.717) is 19.8 Å². The average molecular weight is 340 g/mol. The lowest BCUT2D eigenvalue weighted by molar-refractivity contribution is 0.0991. The zero-order chi connectivity index (χ0) is 17.8. The minimum atomic E-state index is 0.0386. The number of rotatable bonds is 7. The molecule has 0 aliphatic heterocycles. The molecule has 2 N–H and O–H groups in total. The lowest BCUT2D eigenvalue weighted by atomic mass is 10.1. The van der Waals surface area contributed by atoms with Crippen molar-refractivity contribution < 1.29 is 9.84 Å². The first kappa shape index (κ1) is 17.4. The number of anilines is 1. The number of benzene rings is 1. The van der Waals surface area contributed by atoms with E-state index in [4.69, 9.17) is 14.9 Å². The Kier molecular flexibility index (Phi) is 5.31. The van der Waals surface area contributed by atoms with Crippen molar-refractivity contribution in [2.24, 2.45) is 0 Å². The number of nitrogens with one attached hydrogen (secondary N) is 1.